The summed E-state index contributed by atoms with van der Waals surface area (Å²) in [5.41, 5.74) is 4.57. The van der Waals surface area contributed by atoms with Crippen LogP contribution in [0.5, 0.6) is 5.75 Å². The SMILES string of the molecule is COc1ccc(C2=NN(C(C)=O)C(c3cc4ccc(C)cc4nc3Cl)C2)cc1. The Labute approximate surface area is 168 Å². The topological polar surface area (TPSA) is 54.8 Å². The van der Waals surface area contributed by atoms with Gasteiger partial charge < -0.3 is 4.74 Å². The number of carbonyl (C=O) groups is 1. The van der Waals surface area contributed by atoms with E-state index >= 15 is 0 Å². The van der Waals surface area contributed by atoms with Gasteiger partial charge in [-0.15, -0.1) is 0 Å². The van der Waals surface area contributed by atoms with Crippen LogP contribution in [0.25, 0.3) is 10.9 Å². The summed E-state index contributed by atoms with van der Waals surface area (Å²) in [7, 11) is 1.63. The number of methoxy groups -OCH3 is 1. The third-order valence-corrected chi connectivity index (χ3v) is 5.27. The van der Waals surface area contributed by atoms with Gasteiger partial charge in [-0.05, 0) is 54.4 Å². The van der Waals surface area contributed by atoms with Gasteiger partial charge in [0.25, 0.3) is 0 Å². The van der Waals surface area contributed by atoms with Crippen molar-refractivity contribution in [2.45, 2.75) is 26.3 Å². The van der Waals surface area contributed by atoms with E-state index in [0.717, 1.165) is 39.1 Å². The van der Waals surface area contributed by atoms with Gasteiger partial charge >= 0.3 is 0 Å². The van der Waals surface area contributed by atoms with Crippen LogP contribution >= 0.6 is 11.6 Å². The maximum atomic E-state index is 12.3. The number of rotatable bonds is 3. The van der Waals surface area contributed by atoms with Crippen LogP contribution in [0.4, 0.5) is 0 Å². The molecule has 2 heterocycles. The molecule has 28 heavy (non-hydrogen) atoms. The lowest BCUT2D eigenvalue weighted by Gasteiger charge is -2.21. The van der Waals surface area contributed by atoms with Crippen molar-refractivity contribution in [2.24, 2.45) is 5.10 Å². The van der Waals surface area contributed by atoms with E-state index in [2.05, 4.69) is 10.1 Å². The van der Waals surface area contributed by atoms with Gasteiger partial charge in [0, 0.05) is 24.3 Å². The molecule has 4 rings (SSSR count). The minimum atomic E-state index is -0.277. The van der Waals surface area contributed by atoms with Gasteiger partial charge in [-0.25, -0.2) is 9.99 Å². The van der Waals surface area contributed by atoms with Crippen LogP contribution < -0.4 is 4.74 Å². The van der Waals surface area contributed by atoms with Crippen LogP contribution in [0.3, 0.4) is 0 Å². The second-order valence-corrected chi connectivity index (χ2v) is 7.28. The van der Waals surface area contributed by atoms with Gasteiger partial charge in [0.15, 0.2) is 0 Å². The third-order valence-electron chi connectivity index (χ3n) is 4.97. The number of nitrogens with zero attached hydrogens (tertiary/aromatic N) is 3. The summed E-state index contributed by atoms with van der Waals surface area (Å²) in [6.45, 7) is 3.53. The summed E-state index contributed by atoms with van der Waals surface area (Å²) in [5, 5.41) is 7.48. The first-order valence-corrected chi connectivity index (χ1v) is 9.42. The summed E-state index contributed by atoms with van der Waals surface area (Å²) in [6.07, 6.45) is 0.574. The van der Waals surface area contributed by atoms with Crippen molar-refractivity contribution >= 4 is 34.1 Å². The first-order valence-electron chi connectivity index (χ1n) is 9.05. The zero-order valence-electron chi connectivity index (χ0n) is 15.9. The molecule has 6 heteroatoms. The van der Waals surface area contributed by atoms with E-state index in [4.69, 9.17) is 16.3 Å². The minimum absolute atomic E-state index is 0.131. The third kappa shape index (κ3) is 3.34. The number of benzene rings is 2. The molecule has 2 aromatic carbocycles. The molecule has 1 aromatic heterocycles. The number of ether oxygens (including phenoxy) is 1. The van der Waals surface area contributed by atoms with Crippen LogP contribution in [0, 0.1) is 6.92 Å². The highest BCUT2D eigenvalue weighted by Crippen LogP contribution is 2.37. The van der Waals surface area contributed by atoms with Crippen LogP contribution in [-0.4, -0.2) is 28.7 Å². The van der Waals surface area contributed by atoms with E-state index in [1.54, 1.807) is 7.11 Å². The highest BCUT2D eigenvalue weighted by molar-refractivity contribution is 6.30. The Morgan fingerprint density at radius 3 is 2.61 bits per heavy atom. The maximum Gasteiger partial charge on any atom is 0.240 e. The van der Waals surface area contributed by atoms with Gasteiger partial charge in [-0.1, -0.05) is 23.7 Å². The van der Waals surface area contributed by atoms with Gasteiger partial charge in [0.05, 0.1) is 24.4 Å². The monoisotopic (exact) mass is 393 g/mol. The molecule has 0 spiro atoms. The fraction of sp³-hybridized carbons (Fsp3) is 0.227. The van der Waals surface area contributed by atoms with E-state index in [0.29, 0.717) is 11.6 Å². The average Bonchev–Trinajstić information content (AvgIpc) is 3.13. The van der Waals surface area contributed by atoms with Crippen LogP contribution in [-0.2, 0) is 4.79 Å². The number of aryl methyl sites for hydroxylation is 1. The predicted molar refractivity (Wildman–Crippen MR) is 111 cm³/mol. The molecule has 0 bridgehead atoms. The molecule has 0 saturated carbocycles. The summed E-state index contributed by atoms with van der Waals surface area (Å²) in [5.74, 6) is 0.646. The average molecular weight is 394 g/mol. The molecule has 3 aromatic rings. The minimum Gasteiger partial charge on any atom is -0.497 e. The predicted octanol–water partition coefficient (Wildman–Crippen LogP) is 4.90. The van der Waals surface area contributed by atoms with E-state index < -0.39 is 0 Å². The highest BCUT2D eigenvalue weighted by atomic mass is 35.5. The van der Waals surface area contributed by atoms with Crippen molar-refractivity contribution in [3.05, 3.63) is 70.4 Å². The van der Waals surface area contributed by atoms with E-state index in [1.165, 1.54) is 11.9 Å². The Kier molecular flexibility index (Phi) is 4.77. The van der Waals surface area contributed by atoms with Gasteiger partial charge in [0.1, 0.15) is 10.9 Å². The molecular formula is C22H20ClN3O2. The molecule has 0 radical (unpaired) electrons. The van der Waals surface area contributed by atoms with Gasteiger partial charge in [0.2, 0.25) is 5.91 Å². The first-order chi connectivity index (χ1) is 13.5. The maximum absolute atomic E-state index is 12.3. The lowest BCUT2D eigenvalue weighted by atomic mass is 9.98. The summed E-state index contributed by atoms with van der Waals surface area (Å²) in [6, 6.07) is 15.5. The number of hydrogen-bond donors (Lipinski definition) is 0. The molecule has 1 aliphatic rings. The Hall–Kier alpha value is -2.92. The number of carbonyl (C=O) groups excluding carboxylic acids is 1. The highest BCUT2D eigenvalue weighted by Gasteiger charge is 2.33. The number of hydrogen-bond acceptors (Lipinski definition) is 4. The van der Waals surface area contributed by atoms with Gasteiger partial charge in [-0.2, -0.15) is 5.10 Å². The second kappa shape index (κ2) is 7.24. The standard InChI is InChI=1S/C22H20ClN3O2/c1-13-4-5-16-11-18(22(23)24-19(16)10-13)21-12-20(25-26(21)14(2)27)15-6-8-17(28-3)9-7-15/h4-11,21H,12H2,1-3H3. The Morgan fingerprint density at radius 2 is 1.93 bits per heavy atom. The number of amides is 1. The van der Waals surface area contributed by atoms with Gasteiger partial charge in [-0.3, -0.25) is 4.79 Å². The van der Waals surface area contributed by atoms with Crippen molar-refractivity contribution in [3.8, 4) is 5.75 Å². The first kappa shape index (κ1) is 18.4. The zero-order chi connectivity index (χ0) is 19.8. The molecule has 0 aliphatic carbocycles. The van der Waals surface area contributed by atoms with Crippen LogP contribution in [0.15, 0.2) is 53.6 Å². The van der Waals surface area contributed by atoms with Crippen LogP contribution in [0.2, 0.25) is 5.15 Å². The molecule has 0 saturated heterocycles. The number of aromatic nitrogens is 1. The summed E-state index contributed by atoms with van der Waals surface area (Å²) < 4.78 is 5.22. The van der Waals surface area contributed by atoms with Crippen molar-refractivity contribution in [2.75, 3.05) is 7.11 Å². The molecular weight excluding hydrogens is 374 g/mol. The molecule has 1 atom stereocenters. The smallest absolute Gasteiger partial charge is 0.240 e. The van der Waals surface area contributed by atoms with Crippen molar-refractivity contribution in [1.29, 1.82) is 0 Å². The van der Waals surface area contributed by atoms with E-state index in [1.807, 2.05) is 55.5 Å². The Morgan fingerprint density at radius 1 is 1.18 bits per heavy atom. The molecule has 0 N–H and O–H groups in total. The lowest BCUT2D eigenvalue weighted by molar-refractivity contribution is -0.130. The molecule has 1 amide bonds. The largest absolute Gasteiger partial charge is 0.497 e. The quantitative estimate of drug-likeness (QED) is 0.594. The summed E-state index contributed by atoms with van der Waals surface area (Å²) >= 11 is 6.52. The second-order valence-electron chi connectivity index (χ2n) is 6.92. The molecule has 142 valence electrons. The number of halogens is 1. The molecule has 1 aliphatic heterocycles. The number of pyridine rings is 1. The van der Waals surface area contributed by atoms with Crippen molar-refractivity contribution < 1.29 is 9.53 Å². The number of hydrazone groups is 1. The van der Waals surface area contributed by atoms with Crippen molar-refractivity contribution in [1.82, 2.24) is 9.99 Å². The molecule has 1 unspecified atom stereocenters. The number of fused-ring (bicyclic) bond motifs is 1. The zero-order valence-corrected chi connectivity index (χ0v) is 16.7. The van der Waals surface area contributed by atoms with Crippen molar-refractivity contribution in [3.63, 3.8) is 0 Å². The normalized spacial score (nSPS) is 16.4. The molecule has 5 nitrogen and oxygen atoms in total. The fourth-order valence-electron chi connectivity index (χ4n) is 3.50. The lowest BCUT2D eigenvalue weighted by Crippen LogP contribution is -2.24. The Balaban J connectivity index is 1.73. The molecule has 0 fully saturated rings. The van der Waals surface area contributed by atoms with E-state index in [-0.39, 0.29) is 11.9 Å². The van der Waals surface area contributed by atoms with Crippen LogP contribution in [0.1, 0.15) is 36.1 Å². The summed E-state index contributed by atoms with van der Waals surface area (Å²) in [4.78, 5) is 16.8. The Bertz CT molecular complexity index is 1090. The fourth-order valence-corrected chi connectivity index (χ4v) is 3.78. The van der Waals surface area contributed by atoms with E-state index in [9.17, 15) is 4.79 Å².